The number of nitrogens with one attached hydrogen (secondary N) is 1. The van der Waals surface area contributed by atoms with E-state index in [2.05, 4.69) is 11.4 Å². The maximum absolute atomic E-state index is 12.1. The van der Waals surface area contributed by atoms with Gasteiger partial charge in [-0.3, -0.25) is 4.79 Å². The van der Waals surface area contributed by atoms with Crippen LogP contribution in [0.15, 0.2) is 18.2 Å². The molecular formula is C13H12Cl2N2O. The molecule has 0 radical (unpaired) electrons. The molecule has 1 fully saturated rings. The van der Waals surface area contributed by atoms with Crippen LogP contribution in [0.25, 0.3) is 0 Å². The number of nitrogens with zero attached hydrogens (tertiary/aromatic N) is 1. The first-order chi connectivity index (χ1) is 8.54. The number of nitriles is 1. The number of benzene rings is 1. The van der Waals surface area contributed by atoms with Gasteiger partial charge in [0.1, 0.15) is 5.54 Å². The predicted molar refractivity (Wildman–Crippen MR) is 70.7 cm³/mol. The Bertz CT molecular complexity index is 496. The lowest BCUT2D eigenvalue weighted by atomic mass is 9.99. The Kier molecular flexibility index (Phi) is 3.79. The number of hydrogen-bond donors (Lipinski definition) is 1. The van der Waals surface area contributed by atoms with Gasteiger partial charge in [-0.05, 0) is 43.9 Å². The summed E-state index contributed by atoms with van der Waals surface area (Å²) >= 11 is 11.7. The second-order valence-electron chi connectivity index (χ2n) is 4.51. The van der Waals surface area contributed by atoms with Crippen LogP contribution in [-0.4, -0.2) is 11.4 Å². The van der Waals surface area contributed by atoms with Crippen LogP contribution in [0.1, 0.15) is 36.0 Å². The SMILES string of the molecule is N#CC1(NC(=O)c2cc(Cl)cc(Cl)c2)CCCC1. The van der Waals surface area contributed by atoms with E-state index in [0.717, 1.165) is 12.8 Å². The molecule has 1 aromatic rings. The molecule has 0 unspecified atom stereocenters. The fourth-order valence-corrected chi connectivity index (χ4v) is 2.74. The molecule has 0 saturated heterocycles. The van der Waals surface area contributed by atoms with Crippen LogP contribution in [0.4, 0.5) is 0 Å². The molecule has 3 nitrogen and oxygen atoms in total. The highest BCUT2D eigenvalue weighted by Crippen LogP contribution is 2.29. The molecule has 94 valence electrons. The van der Waals surface area contributed by atoms with Crippen molar-refractivity contribution >= 4 is 29.1 Å². The van der Waals surface area contributed by atoms with Gasteiger partial charge in [0, 0.05) is 15.6 Å². The number of hydrogen-bond acceptors (Lipinski definition) is 2. The first-order valence-corrected chi connectivity index (χ1v) is 6.50. The number of carbonyl (C=O) groups is 1. The molecule has 0 bridgehead atoms. The van der Waals surface area contributed by atoms with E-state index in [9.17, 15) is 10.1 Å². The Morgan fingerprint density at radius 2 is 1.78 bits per heavy atom. The Morgan fingerprint density at radius 3 is 2.28 bits per heavy atom. The normalized spacial score (nSPS) is 17.2. The van der Waals surface area contributed by atoms with Gasteiger partial charge in [0.15, 0.2) is 0 Å². The van der Waals surface area contributed by atoms with Gasteiger partial charge in [-0.25, -0.2) is 0 Å². The number of rotatable bonds is 2. The Labute approximate surface area is 116 Å². The number of amides is 1. The Morgan fingerprint density at radius 1 is 1.22 bits per heavy atom. The molecule has 0 aromatic heterocycles. The molecule has 1 amide bonds. The fraction of sp³-hybridized carbons (Fsp3) is 0.385. The summed E-state index contributed by atoms with van der Waals surface area (Å²) in [4.78, 5) is 12.1. The first-order valence-electron chi connectivity index (χ1n) is 5.74. The fourth-order valence-electron chi connectivity index (χ4n) is 2.22. The average molecular weight is 283 g/mol. The summed E-state index contributed by atoms with van der Waals surface area (Å²) in [5.41, 5.74) is -0.347. The van der Waals surface area contributed by atoms with Crippen molar-refractivity contribution in [1.82, 2.24) is 5.32 Å². The van der Waals surface area contributed by atoms with Crippen LogP contribution in [0, 0.1) is 11.3 Å². The summed E-state index contributed by atoms with van der Waals surface area (Å²) in [5, 5.41) is 12.8. The number of halogens is 2. The summed E-state index contributed by atoms with van der Waals surface area (Å²) < 4.78 is 0. The minimum atomic E-state index is -0.730. The van der Waals surface area contributed by atoms with Crippen LogP contribution in [0.5, 0.6) is 0 Å². The summed E-state index contributed by atoms with van der Waals surface area (Å²) in [6.45, 7) is 0. The lowest BCUT2D eigenvalue weighted by Gasteiger charge is -2.22. The molecule has 1 aromatic carbocycles. The standard InChI is InChI=1S/C13H12Cl2N2O/c14-10-5-9(6-11(15)7-10)12(18)17-13(8-16)3-1-2-4-13/h5-7H,1-4H2,(H,17,18). The Hall–Kier alpha value is -1.24. The minimum absolute atomic E-state index is 0.303. The monoisotopic (exact) mass is 282 g/mol. The van der Waals surface area contributed by atoms with E-state index in [1.165, 1.54) is 0 Å². The van der Waals surface area contributed by atoms with Gasteiger partial charge in [-0.1, -0.05) is 23.2 Å². The quantitative estimate of drug-likeness (QED) is 0.902. The first kappa shape index (κ1) is 13.2. The lowest BCUT2D eigenvalue weighted by Crippen LogP contribution is -2.45. The van der Waals surface area contributed by atoms with E-state index in [1.54, 1.807) is 18.2 Å². The maximum atomic E-state index is 12.1. The van der Waals surface area contributed by atoms with Crippen molar-refractivity contribution < 1.29 is 4.79 Å². The molecule has 1 saturated carbocycles. The smallest absolute Gasteiger partial charge is 0.252 e. The molecule has 0 atom stereocenters. The van der Waals surface area contributed by atoms with Gasteiger partial charge in [-0.2, -0.15) is 5.26 Å². The van der Waals surface area contributed by atoms with Crippen LogP contribution in [0.2, 0.25) is 10.0 Å². The highest BCUT2D eigenvalue weighted by atomic mass is 35.5. The molecular weight excluding hydrogens is 271 g/mol. The summed E-state index contributed by atoms with van der Waals surface area (Å²) in [6, 6.07) is 6.86. The Balaban J connectivity index is 2.19. The summed E-state index contributed by atoms with van der Waals surface area (Å²) in [6.07, 6.45) is 3.32. The zero-order chi connectivity index (χ0) is 13.2. The van der Waals surface area contributed by atoms with Gasteiger partial charge in [0.2, 0.25) is 0 Å². The molecule has 5 heteroatoms. The van der Waals surface area contributed by atoms with E-state index < -0.39 is 5.54 Å². The molecule has 1 aliphatic rings. The van der Waals surface area contributed by atoms with Crippen LogP contribution >= 0.6 is 23.2 Å². The number of carbonyl (C=O) groups excluding carboxylic acids is 1. The van der Waals surface area contributed by atoms with Crippen LogP contribution in [-0.2, 0) is 0 Å². The molecule has 0 heterocycles. The second-order valence-corrected chi connectivity index (χ2v) is 5.39. The van der Waals surface area contributed by atoms with Crippen molar-refractivity contribution in [2.24, 2.45) is 0 Å². The third-order valence-electron chi connectivity index (χ3n) is 3.15. The zero-order valence-corrected chi connectivity index (χ0v) is 11.2. The largest absolute Gasteiger partial charge is 0.334 e. The molecule has 2 rings (SSSR count). The van der Waals surface area contributed by atoms with Gasteiger partial charge < -0.3 is 5.32 Å². The van der Waals surface area contributed by atoms with Crippen molar-refractivity contribution in [1.29, 1.82) is 5.26 Å². The van der Waals surface area contributed by atoms with E-state index in [1.807, 2.05) is 0 Å². The zero-order valence-electron chi connectivity index (χ0n) is 9.67. The van der Waals surface area contributed by atoms with E-state index in [0.29, 0.717) is 28.5 Å². The van der Waals surface area contributed by atoms with Crippen molar-refractivity contribution in [3.63, 3.8) is 0 Å². The van der Waals surface area contributed by atoms with Crippen molar-refractivity contribution in [3.05, 3.63) is 33.8 Å². The van der Waals surface area contributed by atoms with E-state index in [4.69, 9.17) is 23.2 Å². The van der Waals surface area contributed by atoms with Crippen molar-refractivity contribution in [2.75, 3.05) is 0 Å². The van der Waals surface area contributed by atoms with Crippen LogP contribution < -0.4 is 5.32 Å². The van der Waals surface area contributed by atoms with Crippen molar-refractivity contribution in [2.45, 2.75) is 31.2 Å². The maximum Gasteiger partial charge on any atom is 0.252 e. The van der Waals surface area contributed by atoms with Gasteiger partial charge in [-0.15, -0.1) is 0 Å². The highest BCUT2D eigenvalue weighted by molar-refractivity contribution is 6.35. The van der Waals surface area contributed by atoms with E-state index >= 15 is 0 Å². The highest BCUT2D eigenvalue weighted by Gasteiger charge is 2.35. The van der Waals surface area contributed by atoms with Gasteiger partial charge in [0.25, 0.3) is 5.91 Å². The summed E-state index contributed by atoms with van der Waals surface area (Å²) in [7, 11) is 0. The van der Waals surface area contributed by atoms with Gasteiger partial charge >= 0.3 is 0 Å². The topological polar surface area (TPSA) is 52.9 Å². The molecule has 0 spiro atoms. The third kappa shape index (κ3) is 2.77. The summed E-state index contributed by atoms with van der Waals surface area (Å²) in [5.74, 6) is -0.303. The van der Waals surface area contributed by atoms with E-state index in [-0.39, 0.29) is 5.91 Å². The van der Waals surface area contributed by atoms with Crippen molar-refractivity contribution in [3.8, 4) is 6.07 Å². The third-order valence-corrected chi connectivity index (χ3v) is 3.59. The minimum Gasteiger partial charge on any atom is -0.334 e. The molecule has 0 aliphatic heterocycles. The lowest BCUT2D eigenvalue weighted by molar-refractivity contribution is 0.0920. The van der Waals surface area contributed by atoms with Gasteiger partial charge in [0.05, 0.1) is 6.07 Å². The molecule has 1 aliphatic carbocycles. The molecule has 1 N–H and O–H groups in total. The molecule has 18 heavy (non-hydrogen) atoms. The predicted octanol–water partition coefficient (Wildman–Crippen LogP) is 3.56. The average Bonchev–Trinajstić information content (AvgIpc) is 2.77. The second kappa shape index (κ2) is 5.17. The van der Waals surface area contributed by atoms with Crippen LogP contribution in [0.3, 0.4) is 0 Å².